The Balaban J connectivity index is 2.25. The van der Waals surface area contributed by atoms with Gasteiger partial charge in [0, 0.05) is 11.1 Å². The third kappa shape index (κ3) is 2.17. The second-order valence-corrected chi connectivity index (χ2v) is 4.89. The van der Waals surface area contributed by atoms with Crippen LogP contribution in [-0.4, -0.2) is 4.98 Å². The zero-order chi connectivity index (χ0) is 13.2. The van der Waals surface area contributed by atoms with Gasteiger partial charge in [0.25, 0.3) is 0 Å². The van der Waals surface area contributed by atoms with Crippen LogP contribution >= 0.6 is 12.6 Å². The molecule has 0 fully saturated rings. The highest BCUT2D eigenvalue weighted by Gasteiger charge is 2.22. The molecule has 0 saturated carbocycles. The number of H-pyrrole nitrogens is 1. The molecule has 0 atom stereocenters. The first-order valence-corrected chi connectivity index (χ1v) is 6.64. The summed E-state index contributed by atoms with van der Waals surface area (Å²) < 4.78 is 2.07. The van der Waals surface area contributed by atoms with Gasteiger partial charge < -0.3 is 0 Å². The number of imidazole rings is 1. The van der Waals surface area contributed by atoms with Gasteiger partial charge in [0.2, 0.25) is 0 Å². The Morgan fingerprint density at radius 2 is 1.37 bits per heavy atom. The zero-order valence-electron chi connectivity index (χ0n) is 10.7. The maximum atomic E-state index is 4.50. The van der Waals surface area contributed by atoms with Gasteiger partial charge in [-0.3, -0.25) is 0 Å². The Hall–Kier alpha value is -2.00. The summed E-state index contributed by atoms with van der Waals surface area (Å²) in [6.07, 6.45) is 0. The summed E-state index contributed by atoms with van der Waals surface area (Å²) in [6, 6.07) is 20.7. The Kier molecular flexibility index (Phi) is 3.13. The number of thiol groups is 1. The zero-order valence-corrected chi connectivity index (χ0v) is 11.6. The van der Waals surface area contributed by atoms with E-state index < -0.39 is 0 Å². The van der Waals surface area contributed by atoms with Gasteiger partial charge in [0.05, 0.1) is 7.05 Å². The molecule has 1 aromatic heterocycles. The minimum Gasteiger partial charge on any atom is -0.231 e. The van der Waals surface area contributed by atoms with Crippen LogP contribution in [0.25, 0.3) is 22.5 Å². The van der Waals surface area contributed by atoms with Crippen LogP contribution in [0.5, 0.6) is 0 Å². The smallest absolute Gasteiger partial charge is 0.231 e. The van der Waals surface area contributed by atoms with E-state index in [1.54, 1.807) is 0 Å². The van der Waals surface area contributed by atoms with E-state index in [0.717, 1.165) is 22.1 Å². The van der Waals surface area contributed by atoms with Gasteiger partial charge in [-0.1, -0.05) is 73.3 Å². The first-order valence-electron chi connectivity index (χ1n) is 6.19. The summed E-state index contributed by atoms with van der Waals surface area (Å²) in [5.74, 6) is 0. The summed E-state index contributed by atoms with van der Waals surface area (Å²) in [4.78, 5) is 3.35. The van der Waals surface area contributed by atoms with Crippen LogP contribution < -0.4 is 4.57 Å². The first-order chi connectivity index (χ1) is 9.27. The van der Waals surface area contributed by atoms with Crippen molar-refractivity contribution in [1.82, 2.24) is 4.98 Å². The molecule has 0 aliphatic heterocycles. The van der Waals surface area contributed by atoms with Crippen molar-refractivity contribution in [2.45, 2.75) is 5.16 Å². The number of benzene rings is 2. The van der Waals surface area contributed by atoms with Crippen LogP contribution in [0, 0.1) is 0 Å². The number of hydrogen-bond donors (Lipinski definition) is 2. The normalized spacial score (nSPS) is 10.6. The fourth-order valence-corrected chi connectivity index (χ4v) is 2.49. The molecule has 0 spiro atoms. The monoisotopic (exact) mass is 267 g/mol. The number of nitrogens with one attached hydrogen (secondary N) is 1. The Labute approximate surface area is 118 Å². The maximum absolute atomic E-state index is 4.50. The van der Waals surface area contributed by atoms with Crippen molar-refractivity contribution in [2.75, 3.05) is 0 Å². The van der Waals surface area contributed by atoms with Gasteiger partial charge in [-0.05, 0) is 0 Å². The fourth-order valence-electron chi connectivity index (χ4n) is 2.28. The van der Waals surface area contributed by atoms with Gasteiger partial charge in [-0.2, -0.15) is 0 Å². The fraction of sp³-hybridized carbons (Fsp3) is 0.0625. The summed E-state index contributed by atoms with van der Waals surface area (Å²) in [5, 5.41) is 0.845. The van der Waals surface area contributed by atoms with Crippen LogP contribution in [0.3, 0.4) is 0 Å². The molecule has 3 rings (SSSR count). The third-order valence-corrected chi connectivity index (χ3v) is 3.65. The second-order valence-electron chi connectivity index (χ2n) is 4.46. The molecular weight excluding hydrogens is 252 g/mol. The Morgan fingerprint density at radius 3 is 1.95 bits per heavy atom. The van der Waals surface area contributed by atoms with Crippen molar-refractivity contribution >= 4 is 12.6 Å². The molecule has 3 aromatic rings. The first kappa shape index (κ1) is 12.1. The molecule has 0 aliphatic carbocycles. The predicted molar refractivity (Wildman–Crippen MR) is 80.1 cm³/mol. The third-order valence-electron chi connectivity index (χ3n) is 3.24. The molecule has 2 aromatic carbocycles. The van der Waals surface area contributed by atoms with Crippen molar-refractivity contribution in [1.29, 1.82) is 0 Å². The molecule has 0 bridgehead atoms. The number of hydrogen-bond acceptors (Lipinski definition) is 1. The molecule has 2 nitrogen and oxygen atoms in total. The Morgan fingerprint density at radius 1 is 0.842 bits per heavy atom. The average molecular weight is 267 g/mol. The minimum absolute atomic E-state index is 0.845. The largest absolute Gasteiger partial charge is 0.313 e. The number of aromatic amines is 1. The van der Waals surface area contributed by atoms with E-state index in [0.29, 0.717) is 0 Å². The molecule has 1 N–H and O–H groups in total. The lowest BCUT2D eigenvalue weighted by Crippen LogP contribution is -2.30. The summed E-state index contributed by atoms with van der Waals surface area (Å²) in [7, 11) is 2.02. The highest BCUT2D eigenvalue weighted by molar-refractivity contribution is 7.79. The van der Waals surface area contributed by atoms with Crippen LogP contribution in [0.2, 0.25) is 0 Å². The van der Waals surface area contributed by atoms with Gasteiger partial charge in [-0.25, -0.2) is 9.55 Å². The minimum atomic E-state index is 0.845. The molecule has 0 saturated heterocycles. The lowest BCUT2D eigenvalue weighted by atomic mass is 10.1. The molecule has 0 amide bonds. The van der Waals surface area contributed by atoms with E-state index in [4.69, 9.17) is 0 Å². The highest BCUT2D eigenvalue weighted by atomic mass is 32.1. The second kappa shape index (κ2) is 4.94. The average Bonchev–Trinajstić information content (AvgIpc) is 2.77. The van der Waals surface area contributed by atoms with E-state index in [2.05, 4.69) is 58.6 Å². The molecule has 0 aliphatic rings. The predicted octanol–water partition coefficient (Wildman–Crippen LogP) is 3.46. The van der Waals surface area contributed by atoms with Gasteiger partial charge in [0.15, 0.2) is 11.4 Å². The summed E-state index contributed by atoms with van der Waals surface area (Å²) in [6.45, 7) is 0. The summed E-state index contributed by atoms with van der Waals surface area (Å²) >= 11 is 4.50. The lowest BCUT2D eigenvalue weighted by molar-refractivity contribution is -0.697. The van der Waals surface area contributed by atoms with Gasteiger partial charge in [-0.15, -0.1) is 0 Å². The van der Waals surface area contributed by atoms with Crippen LogP contribution in [0.4, 0.5) is 0 Å². The molecule has 19 heavy (non-hydrogen) atoms. The van der Waals surface area contributed by atoms with Crippen LogP contribution in [0.1, 0.15) is 0 Å². The van der Waals surface area contributed by atoms with Crippen LogP contribution in [0.15, 0.2) is 65.8 Å². The topological polar surface area (TPSA) is 19.7 Å². The van der Waals surface area contributed by atoms with Crippen molar-refractivity contribution in [3.63, 3.8) is 0 Å². The van der Waals surface area contributed by atoms with Crippen molar-refractivity contribution in [3.05, 3.63) is 60.7 Å². The van der Waals surface area contributed by atoms with E-state index in [1.807, 2.05) is 31.3 Å². The molecule has 3 heteroatoms. The lowest BCUT2D eigenvalue weighted by Gasteiger charge is -2.01. The van der Waals surface area contributed by atoms with Crippen LogP contribution in [-0.2, 0) is 7.05 Å². The van der Waals surface area contributed by atoms with Crippen molar-refractivity contribution in [3.8, 4) is 22.5 Å². The van der Waals surface area contributed by atoms with Gasteiger partial charge >= 0.3 is 5.16 Å². The van der Waals surface area contributed by atoms with Crippen molar-refractivity contribution in [2.24, 2.45) is 7.05 Å². The molecule has 1 heterocycles. The van der Waals surface area contributed by atoms with E-state index >= 15 is 0 Å². The van der Waals surface area contributed by atoms with Crippen molar-refractivity contribution < 1.29 is 4.57 Å². The van der Waals surface area contributed by atoms with E-state index in [-0.39, 0.29) is 0 Å². The van der Waals surface area contributed by atoms with Gasteiger partial charge in [0.1, 0.15) is 0 Å². The van der Waals surface area contributed by atoms with E-state index in [1.165, 1.54) is 5.56 Å². The molecule has 0 unspecified atom stereocenters. The maximum Gasteiger partial charge on any atom is 0.313 e. The number of nitrogens with zero attached hydrogens (tertiary/aromatic N) is 1. The quantitative estimate of drug-likeness (QED) is 0.524. The molecule has 94 valence electrons. The standard InChI is InChI=1S/C16H14N2S/c1-18-15(13-10-6-3-7-11-13)14(17-16(18)19)12-8-4-2-5-9-12/h2-11H,1H3,(H,17,19)/p+1. The Bertz CT molecular complexity index is 688. The molecule has 0 radical (unpaired) electrons. The summed E-state index contributed by atoms with van der Waals surface area (Å²) in [5.41, 5.74) is 4.59. The highest BCUT2D eigenvalue weighted by Crippen LogP contribution is 2.29. The van der Waals surface area contributed by atoms with E-state index in [9.17, 15) is 0 Å². The SMILES string of the molecule is C[n+]1c(S)[nH]c(-c2ccccc2)c1-c1ccccc1. The molecular formula is C16H15N2S+. The number of aromatic nitrogens is 2. The number of rotatable bonds is 2.